The molecule has 6 heteroatoms. The number of aromatic nitrogens is 3. The molecule has 128 valence electrons. The van der Waals surface area contributed by atoms with Crippen LogP contribution in [0.15, 0.2) is 59.8 Å². The maximum Gasteiger partial charge on any atom is 0.191 e. The number of thioether (sulfide) groups is 1. The Morgan fingerprint density at radius 2 is 1.80 bits per heavy atom. The van der Waals surface area contributed by atoms with Crippen molar-refractivity contribution in [3.63, 3.8) is 0 Å². The van der Waals surface area contributed by atoms with Crippen LogP contribution in [-0.2, 0) is 13.5 Å². The Balaban J connectivity index is 1.70. The molecule has 1 aromatic heterocycles. The molecule has 25 heavy (non-hydrogen) atoms. The van der Waals surface area contributed by atoms with Crippen LogP contribution in [0.2, 0.25) is 0 Å². The molecule has 0 saturated carbocycles. The molecule has 1 heterocycles. The minimum Gasteiger partial charge on any atom is -0.309 e. The van der Waals surface area contributed by atoms with Crippen LogP contribution in [0.3, 0.4) is 0 Å². The second kappa shape index (κ2) is 7.61. The SMILES string of the molecule is C[C@H](Sc1nnc(Cc2ccccc2)n1C)C(=O)c1ccc(F)cc1. The van der Waals surface area contributed by atoms with Gasteiger partial charge in [0.2, 0.25) is 0 Å². The fourth-order valence-electron chi connectivity index (χ4n) is 2.44. The lowest BCUT2D eigenvalue weighted by atomic mass is 10.1. The highest BCUT2D eigenvalue weighted by molar-refractivity contribution is 8.00. The Labute approximate surface area is 150 Å². The minimum absolute atomic E-state index is 0.0578. The van der Waals surface area contributed by atoms with E-state index in [9.17, 15) is 9.18 Å². The van der Waals surface area contributed by atoms with Crippen molar-refractivity contribution in [3.8, 4) is 0 Å². The summed E-state index contributed by atoms with van der Waals surface area (Å²) in [5.74, 6) is 0.434. The van der Waals surface area contributed by atoms with Gasteiger partial charge in [0.1, 0.15) is 11.6 Å². The number of carbonyl (C=O) groups excluding carboxylic acids is 1. The molecule has 0 fully saturated rings. The Hall–Kier alpha value is -2.47. The number of halogens is 1. The second-order valence-corrected chi connectivity index (χ2v) is 7.06. The standard InChI is InChI=1S/C19H18FN3OS/c1-13(18(24)15-8-10-16(20)11-9-15)25-19-22-21-17(23(19)2)12-14-6-4-3-5-7-14/h3-11,13H,12H2,1-2H3/t13-/m0/s1. The summed E-state index contributed by atoms with van der Waals surface area (Å²) in [6.45, 7) is 1.82. The van der Waals surface area contributed by atoms with Gasteiger partial charge in [0.05, 0.1) is 5.25 Å². The van der Waals surface area contributed by atoms with E-state index in [4.69, 9.17) is 0 Å². The topological polar surface area (TPSA) is 47.8 Å². The molecule has 4 nitrogen and oxygen atoms in total. The Morgan fingerprint density at radius 3 is 2.48 bits per heavy atom. The van der Waals surface area contributed by atoms with Crippen LogP contribution in [0, 0.1) is 5.82 Å². The molecule has 0 saturated heterocycles. The molecule has 0 spiro atoms. The van der Waals surface area contributed by atoms with Crippen molar-refractivity contribution in [2.45, 2.75) is 23.8 Å². The van der Waals surface area contributed by atoms with Crippen LogP contribution < -0.4 is 0 Å². The zero-order valence-corrected chi connectivity index (χ0v) is 14.8. The van der Waals surface area contributed by atoms with Crippen LogP contribution >= 0.6 is 11.8 Å². The van der Waals surface area contributed by atoms with Gasteiger partial charge in [-0.15, -0.1) is 10.2 Å². The second-order valence-electron chi connectivity index (χ2n) is 5.75. The maximum atomic E-state index is 13.0. The summed E-state index contributed by atoms with van der Waals surface area (Å²) in [7, 11) is 1.90. The summed E-state index contributed by atoms with van der Waals surface area (Å²) in [5, 5.41) is 8.80. The molecule has 0 bridgehead atoms. The third-order valence-electron chi connectivity index (χ3n) is 3.91. The molecule has 2 aromatic carbocycles. The van der Waals surface area contributed by atoms with E-state index >= 15 is 0 Å². The van der Waals surface area contributed by atoms with Crippen molar-refractivity contribution in [3.05, 3.63) is 77.4 Å². The summed E-state index contributed by atoms with van der Waals surface area (Å²) in [6.07, 6.45) is 0.686. The summed E-state index contributed by atoms with van der Waals surface area (Å²) in [6, 6.07) is 15.7. The molecule has 0 amide bonds. The molecule has 0 aliphatic carbocycles. The van der Waals surface area contributed by atoms with Crippen LogP contribution in [-0.4, -0.2) is 25.8 Å². The van der Waals surface area contributed by atoms with E-state index in [-0.39, 0.29) is 16.9 Å². The van der Waals surface area contributed by atoms with Gasteiger partial charge in [-0.2, -0.15) is 0 Å². The Kier molecular flexibility index (Phi) is 5.28. The normalized spacial score (nSPS) is 12.1. The van der Waals surface area contributed by atoms with E-state index < -0.39 is 0 Å². The molecule has 3 aromatic rings. The van der Waals surface area contributed by atoms with E-state index in [0.29, 0.717) is 17.1 Å². The van der Waals surface area contributed by atoms with Crippen molar-refractivity contribution < 1.29 is 9.18 Å². The number of benzene rings is 2. The smallest absolute Gasteiger partial charge is 0.191 e. The lowest BCUT2D eigenvalue weighted by Gasteiger charge is -2.10. The predicted molar refractivity (Wildman–Crippen MR) is 96.3 cm³/mol. The third kappa shape index (κ3) is 4.14. The van der Waals surface area contributed by atoms with Crippen molar-refractivity contribution in [2.75, 3.05) is 0 Å². The van der Waals surface area contributed by atoms with Crippen LogP contribution in [0.1, 0.15) is 28.7 Å². The average Bonchev–Trinajstić information content (AvgIpc) is 2.96. The van der Waals surface area contributed by atoms with E-state index in [1.165, 1.54) is 36.0 Å². The number of ketones is 1. The van der Waals surface area contributed by atoms with E-state index in [1.54, 1.807) is 0 Å². The predicted octanol–water partition coefficient (Wildman–Crippen LogP) is 3.91. The molecule has 0 aliphatic rings. The number of carbonyl (C=O) groups is 1. The van der Waals surface area contributed by atoms with Gasteiger partial charge in [0.15, 0.2) is 10.9 Å². The summed E-state index contributed by atoms with van der Waals surface area (Å²) in [5.41, 5.74) is 1.65. The number of hydrogen-bond acceptors (Lipinski definition) is 4. The monoisotopic (exact) mass is 355 g/mol. The van der Waals surface area contributed by atoms with Crippen molar-refractivity contribution in [2.24, 2.45) is 7.05 Å². The number of nitrogens with zero attached hydrogens (tertiary/aromatic N) is 3. The third-order valence-corrected chi connectivity index (χ3v) is 5.04. The highest BCUT2D eigenvalue weighted by Crippen LogP contribution is 2.25. The van der Waals surface area contributed by atoms with Crippen molar-refractivity contribution in [1.82, 2.24) is 14.8 Å². The number of rotatable bonds is 6. The van der Waals surface area contributed by atoms with Gasteiger partial charge in [0, 0.05) is 19.0 Å². The molecule has 0 N–H and O–H groups in total. The first-order chi connectivity index (χ1) is 12.0. The van der Waals surface area contributed by atoms with Crippen LogP contribution in [0.5, 0.6) is 0 Å². The molecule has 1 atom stereocenters. The average molecular weight is 355 g/mol. The largest absolute Gasteiger partial charge is 0.309 e. The summed E-state index contributed by atoms with van der Waals surface area (Å²) >= 11 is 1.35. The quantitative estimate of drug-likeness (QED) is 0.497. The fourth-order valence-corrected chi connectivity index (χ4v) is 3.35. The highest BCUT2D eigenvalue weighted by atomic mass is 32.2. The number of Topliss-reactive ketones (excluding diaryl/α,β-unsaturated/α-hetero) is 1. The molecular formula is C19H18FN3OS. The first-order valence-electron chi connectivity index (χ1n) is 7.93. The maximum absolute atomic E-state index is 13.0. The first kappa shape index (κ1) is 17.4. The van der Waals surface area contributed by atoms with E-state index in [1.807, 2.05) is 48.9 Å². The van der Waals surface area contributed by atoms with Crippen molar-refractivity contribution in [1.29, 1.82) is 0 Å². The highest BCUT2D eigenvalue weighted by Gasteiger charge is 2.20. The number of hydrogen-bond donors (Lipinski definition) is 0. The van der Waals surface area contributed by atoms with Gasteiger partial charge in [-0.05, 0) is 36.8 Å². The zero-order valence-electron chi connectivity index (χ0n) is 14.0. The minimum atomic E-state index is -0.351. The van der Waals surface area contributed by atoms with Gasteiger partial charge in [0.25, 0.3) is 0 Å². The van der Waals surface area contributed by atoms with Gasteiger partial charge < -0.3 is 4.57 Å². The molecular weight excluding hydrogens is 337 g/mol. The Bertz CT molecular complexity index is 862. The van der Waals surface area contributed by atoms with Gasteiger partial charge >= 0.3 is 0 Å². The lowest BCUT2D eigenvalue weighted by Crippen LogP contribution is -2.14. The van der Waals surface area contributed by atoms with E-state index in [0.717, 1.165) is 11.4 Å². The summed E-state index contributed by atoms with van der Waals surface area (Å²) in [4.78, 5) is 12.5. The molecule has 0 radical (unpaired) electrons. The van der Waals surface area contributed by atoms with Gasteiger partial charge in [-0.25, -0.2) is 4.39 Å². The first-order valence-corrected chi connectivity index (χ1v) is 8.81. The molecule has 3 rings (SSSR count). The van der Waals surface area contributed by atoms with Gasteiger partial charge in [-0.1, -0.05) is 42.1 Å². The van der Waals surface area contributed by atoms with Crippen molar-refractivity contribution >= 4 is 17.5 Å². The fraction of sp³-hybridized carbons (Fsp3) is 0.211. The zero-order chi connectivity index (χ0) is 17.8. The molecule has 0 aliphatic heterocycles. The Morgan fingerprint density at radius 1 is 1.12 bits per heavy atom. The summed E-state index contributed by atoms with van der Waals surface area (Å²) < 4.78 is 14.9. The van der Waals surface area contributed by atoms with Crippen LogP contribution in [0.25, 0.3) is 0 Å². The lowest BCUT2D eigenvalue weighted by molar-refractivity contribution is 0.0994. The molecule has 0 unspecified atom stereocenters. The van der Waals surface area contributed by atoms with Crippen LogP contribution in [0.4, 0.5) is 4.39 Å². The van der Waals surface area contributed by atoms with Gasteiger partial charge in [-0.3, -0.25) is 4.79 Å². The van der Waals surface area contributed by atoms with E-state index in [2.05, 4.69) is 10.2 Å².